The number of amides is 1. The van der Waals surface area contributed by atoms with E-state index < -0.39 is 0 Å². The summed E-state index contributed by atoms with van der Waals surface area (Å²) >= 11 is 0. The van der Waals surface area contributed by atoms with Crippen LogP contribution in [0.4, 0.5) is 0 Å². The summed E-state index contributed by atoms with van der Waals surface area (Å²) in [5.74, 6) is 1.99. The first-order valence-corrected chi connectivity index (χ1v) is 12.7. The van der Waals surface area contributed by atoms with Gasteiger partial charge in [0.15, 0.2) is 0 Å². The van der Waals surface area contributed by atoms with Crippen LogP contribution in [0.1, 0.15) is 45.9 Å². The molecule has 0 bridgehead atoms. The maximum absolute atomic E-state index is 13.3. The van der Waals surface area contributed by atoms with Gasteiger partial charge in [0, 0.05) is 48.1 Å². The number of aromatic nitrogens is 3. The van der Waals surface area contributed by atoms with Gasteiger partial charge in [-0.05, 0) is 79.3 Å². The van der Waals surface area contributed by atoms with E-state index in [1.165, 1.54) is 16.5 Å². The first-order chi connectivity index (χ1) is 18.1. The van der Waals surface area contributed by atoms with E-state index in [4.69, 9.17) is 9.47 Å². The summed E-state index contributed by atoms with van der Waals surface area (Å²) in [6, 6.07) is 17.6. The minimum absolute atomic E-state index is 0.0488. The molecule has 1 amide bonds. The lowest BCUT2D eigenvalue weighted by atomic mass is 9.89. The van der Waals surface area contributed by atoms with Gasteiger partial charge in [-0.3, -0.25) is 4.79 Å². The number of benzene rings is 2. The third-order valence-electron chi connectivity index (χ3n) is 7.26. The van der Waals surface area contributed by atoms with Crippen LogP contribution in [0.15, 0.2) is 73.2 Å². The van der Waals surface area contributed by atoms with E-state index in [1.807, 2.05) is 64.2 Å². The molecule has 2 aromatic carbocycles. The molecule has 5 aromatic rings. The molecular weight excluding hydrogens is 464 g/mol. The Hall–Kier alpha value is -4.26. The van der Waals surface area contributed by atoms with Gasteiger partial charge in [0.05, 0.1) is 12.8 Å². The zero-order valence-electron chi connectivity index (χ0n) is 21.1. The average molecular weight is 495 g/mol. The largest absolute Gasteiger partial charge is 0.497 e. The molecule has 0 aliphatic carbocycles. The number of nitrogens with zero attached hydrogens (tertiary/aromatic N) is 3. The predicted octanol–water partition coefficient (Wildman–Crippen LogP) is 5.73. The number of pyridine rings is 1. The van der Waals surface area contributed by atoms with E-state index in [1.54, 1.807) is 7.11 Å². The molecule has 188 valence electrons. The lowest BCUT2D eigenvalue weighted by molar-refractivity contribution is 0.0713. The Kier molecular flexibility index (Phi) is 6.04. The van der Waals surface area contributed by atoms with Gasteiger partial charge in [-0.15, -0.1) is 0 Å². The van der Waals surface area contributed by atoms with Crippen LogP contribution in [0.3, 0.4) is 0 Å². The van der Waals surface area contributed by atoms with Crippen molar-refractivity contribution in [1.82, 2.24) is 19.3 Å². The monoisotopic (exact) mass is 494 g/mol. The number of rotatable bonds is 6. The lowest BCUT2D eigenvalue weighted by Crippen LogP contribution is -2.37. The van der Waals surface area contributed by atoms with E-state index >= 15 is 0 Å². The SMILES string of the molecule is COc1ccc2[nH]cc(C3CCN(C(=O)c4cccc(OCc5cn6cc(C)ccc6n5)c4)CC3)c2c1. The fraction of sp³-hybridized carbons (Fsp3) is 0.267. The zero-order chi connectivity index (χ0) is 25.4. The van der Waals surface area contributed by atoms with Gasteiger partial charge in [-0.25, -0.2) is 4.98 Å². The molecule has 1 saturated heterocycles. The second-order valence-corrected chi connectivity index (χ2v) is 9.74. The Morgan fingerprint density at radius 3 is 2.76 bits per heavy atom. The molecule has 0 radical (unpaired) electrons. The molecule has 4 heterocycles. The average Bonchev–Trinajstić information content (AvgIpc) is 3.55. The second-order valence-electron chi connectivity index (χ2n) is 9.74. The highest BCUT2D eigenvalue weighted by Gasteiger charge is 2.26. The fourth-order valence-corrected chi connectivity index (χ4v) is 5.26. The van der Waals surface area contributed by atoms with Crippen LogP contribution in [-0.2, 0) is 6.61 Å². The van der Waals surface area contributed by atoms with E-state index in [-0.39, 0.29) is 5.91 Å². The van der Waals surface area contributed by atoms with E-state index in [0.717, 1.165) is 48.5 Å². The third kappa shape index (κ3) is 4.65. The molecule has 6 rings (SSSR count). The number of ether oxygens (including phenoxy) is 2. The van der Waals surface area contributed by atoms with Crippen molar-refractivity contribution in [3.05, 3.63) is 95.6 Å². The number of hydrogen-bond donors (Lipinski definition) is 1. The van der Waals surface area contributed by atoms with Gasteiger partial charge in [-0.2, -0.15) is 0 Å². The Morgan fingerprint density at radius 2 is 1.92 bits per heavy atom. The van der Waals surface area contributed by atoms with Crippen molar-refractivity contribution >= 4 is 22.5 Å². The summed E-state index contributed by atoms with van der Waals surface area (Å²) in [6.07, 6.45) is 7.99. The maximum atomic E-state index is 13.3. The number of piperidine rings is 1. The van der Waals surface area contributed by atoms with Crippen molar-refractivity contribution in [3.8, 4) is 11.5 Å². The summed E-state index contributed by atoms with van der Waals surface area (Å²) in [6.45, 7) is 3.86. The van der Waals surface area contributed by atoms with E-state index in [9.17, 15) is 4.79 Å². The van der Waals surface area contributed by atoms with Crippen LogP contribution < -0.4 is 9.47 Å². The maximum Gasteiger partial charge on any atom is 0.253 e. The molecule has 7 nitrogen and oxygen atoms in total. The number of imidazole rings is 1. The molecule has 0 saturated carbocycles. The Balaban J connectivity index is 1.10. The quantitative estimate of drug-likeness (QED) is 0.327. The highest BCUT2D eigenvalue weighted by Crippen LogP contribution is 2.35. The Labute approximate surface area is 215 Å². The molecule has 3 aromatic heterocycles. The van der Waals surface area contributed by atoms with Gasteiger partial charge in [0.1, 0.15) is 23.8 Å². The van der Waals surface area contributed by atoms with Gasteiger partial charge in [-0.1, -0.05) is 12.1 Å². The van der Waals surface area contributed by atoms with Crippen LogP contribution in [0, 0.1) is 6.92 Å². The molecule has 0 unspecified atom stereocenters. The number of aromatic amines is 1. The third-order valence-corrected chi connectivity index (χ3v) is 7.26. The standard InChI is InChI=1S/C30H30N4O3/c1-20-6-9-29-32-23(18-34(29)17-20)19-37-25-5-3-4-22(14-25)30(35)33-12-10-21(11-13-33)27-16-31-28-8-7-24(36-2)15-26(27)28/h3-9,14-18,21,31H,10-13,19H2,1-2H3. The summed E-state index contributed by atoms with van der Waals surface area (Å²) in [5.41, 5.74) is 5.98. The first kappa shape index (κ1) is 23.2. The van der Waals surface area contributed by atoms with Crippen LogP contribution in [0.5, 0.6) is 11.5 Å². The van der Waals surface area contributed by atoms with Gasteiger partial charge in [0.25, 0.3) is 5.91 Å². The minimum atomic E-state index is 0.0488. The predicted molar refractivity (Wildman–Crippen MR) is 143 cm³/mol. The Morgan fingerprint density at radius 1 is 1.05 bits per heavy atom. The molecular formula is C30H30N4O3. The summed E-state index contributed by atoms with van der Waals surface area (Å²) in [7, 11) is 1.69. The van der Waals surface area contributed by atoms with Crippen molar-refractivity contribution < 1.29 is 14.3 Å². The number of carbonyl (C=O) groups is 1. The van der Waals surface area contributed by atoms with Gasteiger partial charge >= 0.3 is 0 Å². The van der Waals surface area contributed by atoms with Crippen LogP contribution in [0.2, 0.25) is 0 Å². The Bertz CT molecular complexity index is 1580. The lowest BCUT2D eigenvalue weighted by Gasteiger charge is -2.32. The van der Waals surface area contributed by atoms with Crippen molar-refractivity contribution in [2.24, 2.45) is 0 Å². The normalized spacial score (nSPS) is 14.4. The van der Waals surface area contributed by atoms with Crippen molar-refractivity contribution in [1.29, 1.82) is 0 Å². The number of fused-ring (bicyclic) bond motifs is 2. The summed E-state index contributed by atoms with van der Waals surface area (Å²) in [5, 5.41) is 1.20. The number of likely N-dealkylation sites (tertiary alicyclic amines) is 1. The number of hydrogen-bond acceptors (Lipinski definition) is 4. The number of carbonyl (C=O) groups excluding carboxylic acids is 1. The molecule has 1 aliphatic rings. The van der Waals surface area contributed by atoms with E-state index in [0.29, 0.717) is 23.8 Å². The highest BCUT2D eigenvalue weighted by atomic mass is 16.5. The summed E-state index contributed by atoms with van der Waals surface area (Å²) < 4.78 is 13.4. The molecule has 0 atom stereocenters. The topological polar surface area (TPSA) is 71.9 Å². The van der Waals surface area contributed by atoms with Crippen molar-refractivity contribution in [2.75, 3.05) is 20.2 Å². The molecule has 0 spiro atoms. The molecule has 1 N–H and O–H groups in total. The van der Waals surface area contributed by atoms with Gasteiger partial charge < -0.3 is 23.8 Å². The van der Waals surface area contributed by atoms with Gasteiger partial charge in [0.2, 0.25) is 0 Å². The number of aryl methyl sites for hydroxylation is 1. The van der Waals surface area contributed by atoms with Crippen LogP contribution in [0.25, 0.3) is 16.6 Å². The van der Waals surface area contributed by atoms with E-state index in [2.05, 4.69) is 35.2 Å². The molecule has 1 fully saturated rings. The number of methoxy groups -OCH3 is 1. The molecule has 37 heavy (non-hydrogen) atoms. The van der Waals surface area contributed by atoms with Crippen molar-refractivity contribution in [3.63, 3.8) is 0 Å². The molecule has 1 aliphatic heterocycles. The van der Waals surface area contributed by atoms with Crippen LogP contribution in [-0.4, -0.2) is 45.4 Å². The number of H-pyrrole nitrogens is 1. The molecule has 7 heteroatoms. The first-order valence-electron chi connectivity index (χ1n) is 12.7. The van der Waals surface area contributed by atoms with Crippen LogP contribution >= 0.6 is 0 Å². The number of nitrogens with one attached hydrogen (secondary N) is 1. The minimum Gasteiger partial charge on any atom is -0.497 e. The highest BCUT2D eigenvalue weighted by molar-refractivity contribution is 5.94. The smallest absolute Gasteiger partial charge is 0.253 e. The second kappa shape index (κ2) is 9.65. The fourth-order valence-electron chi connectivity index (χ4n) is 5.26. The zero-order valence-corrected chi connectivity index (χ0v) is 21.1. The van der Waals surface area contributed by atoms with Crippen molar-refractivity contribution in [2.45, 2.75) is 32.3 Å². The summed E-state index contributed by atoms with van der Waals surface area (Å²) in [4.78, 5) is 23.2.